The molecule has 0 spiro atoms. The monoisotopic (exact) mass is 280 g/mol. The topological polar surface area (TPSA) is 83.7 Å². The molecule has 1 aromatic rings. The van der Waals surface area contributed by atoms with Gasteiger partial charge >= 0.3 is 0 Å². The van der Waals surface area contributed by atoms with Gasteiger partial charge in [-0.3, -0.25) is 14.9 Å². The van der Waals surface area contributed by atoms with Crippen molar-refractivity contribution in [2.75, 3.05) is 19.7 Å². The highest BCUT2D eigenvalue weighted by Gasteiger charge is 2.22. The third-order valence-electron chi connectivity index (χ3n) is 3.13. The molecule has 20 heavy (non-hydrogen) atoms. The van der Waals surface area contributed by atoms with Gasteiger partial charge < -0.3 is 10.0 Å². The number of nitro benzene ring substituents is 1. The van der Waals surface area contributed by atoms with Crippen LogP contribution in [-0.2, 0) is 4.79 Å². The zero-order valence-electron chi connectivity index (χ0n) is 11.8. The Bertz CT molecular complexity index is 470. The Hall–Kier alpha value is -1.95. The van der Waals surface area contributed by atoms with Crippen LogP contribution in [0.15, 0.2) is 24.3 Å². The van der Waals surface area contributed by atoms with Crippen LogP contribution in [0.1, 0.15) is 31.7 Å². The number of carbonyl (C=O) groups is 1. The van der Waals surface area contributed by atoms with Crippen molar-refractivity contribution in [3.8, 4) is 0 Å². The van der Waals surface area contributed by atoms with E-state index in [1.165, 1.54) is 12.1 Å². The van der Waals surface area contributed by atoms with Gasteiger partial charge in [-0.1, -0.05) is 19.1 Å². The van der Waals surface area contributed by atoms with Crippen LogP contribution in [0.5, 0.6) is 0 Å². The van der Waals surface area contributed by atoms with Crippen LogP contribution in [0, 0.1) is 10.1 Å². The number of carbonyl (C=O) groups excluding carboxylic acids is 1. The molecule has 0 fully saturated rings. The van der Waals surface area contributed by atoms with E-state index < -0.39 is 10.8 Å². The summed E-state index contributed by atoms with van der Waals surface area (Å²) in [5, 5.41) is 19.8. The highest BCUT2D eigenvalue weighted by molar-refractivity contribution is 5.83. The smallest absolute Gasteiger partial charge is 0.269 e. The van der Waals surface area contributed by atoms with Crippen molar-refractivity contribution >= 4 is 11.6 Å². The molecule has 0 aliphatic rings. The Kier molecular flexibility index (Phi) is 6.11. The van der Waals surface area contributed by atoms with E-state index in [0.717, 1.165) is 6.42 Å². The first-order chi connectivity index (χ1) is 9.51. The number of hydrogen-bond acceptors (Lipinski definition) is 4. The SMILES string of the molecule is CCCN(CCO)C(=O)C(C)c1cccc([N+](=O)[O-])c1. The van der Waals surface area contributed by atoms with E-state index >= 15 is 0 Å². The van der Waals surface area contributed by atoms with Crippen LogP contribution >= 0.6 is 0 Å². The van der Waals surface area contributed by atoms with Crippen LogP contribution in [0.3, 0.4) is 0 Å². The van der Waals surface area contributed by atoms with Crippen molar-refractivity contribution in [1.29, 1.82) is 0 Å². The van der Waals surface area contributed by atoms with E-state index in [1.54, 1.807) is 24.0 Å². The minimum Gasteiger partial charge on any atom is -0.395 e. The first-order valence-corrected chi connectivity index (χ1v) is 6.65. The molecule has 110 valence electrons. The van der Waals surface area contributed by atoms with Gasteiger partial charge in [-0.2, -0.15) is 0 Å². The highest BCUT2D eigenvalue weighted by atomic mass is 16.6. The maximum Gasteiger partial charge on any atom is 0.269 e. The fourth-order valence-electron chi connectivity index (χ4n) is 2.05. The lowest BCUT2D eigenvalue weighted by Crippen LogP contribution is -2.37. The van der Waals surface area contributed by atoms with Gasteiger partial charge in [0, 0.05) is 25.2 Å². The Morgan fingerprint density at radius 2 is 2.15 bits per heavy atom. The predicted molar refractivity (Wildman–Crippen MR) is 75.5 cm³/mol. The van der Waals surface area contributed by atoms with Crippen LogP contribution in [0.2, 0.25) is 0 Å². The molecule has 0 radical (unpaired) electrons. The van der Waals surface area contributed by atoms with Gasteiger partial charge in [0.25, 0.3) is 5.69 Å². The zero-order valence-corrected chi connectivity index (χ0v) is 11.8. The van der Waals surface area contributed by atoms with E-state index in [1.807, 2.05) is 6.92 Å². The molecule has 0 aromatic heterocycles. The Labute approximate surface area is 118 Å². The van der Waals surface area contributed by atoms with Crippen LogP contribution in [0.25, 0.3) is 0 Å². The number of non-ortho nitro benzene ring substituents is 1. The molecule has 1 amide bonds. The lowest BCUT2D eigenvalue weighted by molar-refractivity contribution is -0.384. The molecule has 6 heteroatoms. The lowest BCUT2D eigenvalue weighted by atomic mass is 9.99. The summed E-state index contributed by atoms with van der Waals surface area (Å²) in [6.07, 6.45) is 0.799. The average molecular weight is 280 g/mol. The van der Waals surface area contributed by atoms with E-state index in [0.29, 0.717) is 12.1 Å². The summed E-state index contributed by atoms with van der Waals surface area (Å²) in [4.78, 5) is 24.2. The molecule has 1 aromatic carbocycles. The summed E-state index contributed by atoms with van der Waals surface area (Å²) >= 11 is 0. The molecule has 1 rings (SSSR count). The molecular formula is C14H20N2O4. The second kappa shape index (κ2) is 7.59. The molecule has 1 unspecified atom stereocenters. The maximum absolute atomic E-state index is 12.3. The molecular weight excluding hydrogens is 260 g/mol. The summed E-state index contributed by atoms with van der Waals surface area (Å²) in [5.74, 6) is -0.589. The molecule has 6 nitrogen and oxygen atoms in total. The third-order valence-corrected chi connectivity index (χ3v) is 3.13. The summed E-state index contributed by atoms with van der Waals surface area (Å²) in [5.41, 5.74) is 0.592. The second-order valence-electron chi connectivity index (χ2n) is 4.62. The van der Waals surface area contributed by atoms with Gasteiger partial charge in [-0.15, -0.1) is 0 Å². The van der Waals surface area contributed by atoms with Crippen molar-refractivity contribution in [3.63, 3.8) is 0 Å². The predicted octanol–water partition coefficient (Wildman–Crippen LogP) is 1.93. The number of hydrogen-bond donors (Lipinski definition) is 1. The van der Waals surface area contributed by atoms with Crippen molar-refractivity contribution in [1.82, 2.24) is 4.90 Å². The number of amides is 1. The lowest BCUT2D eigenvalue weighted by Gasteiger charge is -2.24. The van der Waals surface area contributed by atoms with Crippen LogP contribution < -0.4 is 0 Å². The molecule has 0 saturated heterocycles. The van der Waals surface area contributed by atoms with Crippen LogP contribution in [-0.4, -0.2) is 40.5 Å². The minimum absolute atomic E-state index is 0.0219. The van der Waals surface area contributed by atoms with Crippen LogP contribution in [0.4, 0.5) is 5.69 Å². The molecule has 1 N–H and O–H groups in total. The largest absolute Gasteiger partial charge is 0.395 e. The zero-order chi connectivity index (χ0) is 15.1. The van der Waals surface area contributed by atoms with Gasteiger partial charge in [0.05, 0.1) is 17.4 Å². The average Bonchev–Trinajstić information content (AvgIpc) is 2.45. The Morgan fingerprint density at radius 1 is 1.45 bits per heavy atom. The number of nitrogens with zero attached hydrogens (tertiary/aromatic N) is 2. The van der Waals surface area contributed by atoms with E-state index in [2.05, 4.69) is 0 Å². The summed E-state index contributed by atoms with van der Waals surface area (Å²) < 4.78 is 0. The second-order valence-corrected chi connectivity index (χ2v) is 4.62. The number of nitro groups is 1. The minimum atomic E-state index is -0.474. The molecule has 0 bridgehead atoms. The van der Waals surface area contributed by atoms with Gasteiger partial charge in [0.1, 0.15) is 0 Å². The van der Waals surface area contributed by atoms with Crippen molar-refractivity contribution in [2.45, 2.75) is 26.2 Å². The van der Waals surface area contributed by atoms with Gasteiger partial charge in [0.15, 0.2) is 0 Å². The maximum atomic E-state index is 12.3. The number of aliphatic hydroxyl groups is 1. The van der Waals surface area contributed by atoms with Crippen molar-refractivity contribution in [3.05, 3.63) is 39.9 Å². The van der Waals surface area contributed by atoms with Crippen molar-refractivity contribution in [2.24, 2.45) is 0 Å². The molecule has 0 saturated carbocycles. The number of aliphatic hydroxyl groups excluding tert-OH is 1. The molecule has 0 aliphatic heterocycles. The van der Waals surface area contributed by atoms with E-state index in [4.69, 9.17) is 5.11 Å². The summed E-state index contributed by atoms with van der Waals surface area (Å²) in [6.45, 7) is 4.44. The van der Waals surface area contributed by atoms with Crippen molar-refractivity contribution < 1.29 is 14.8 Å². The standard InChI is InChI=1S/C14H20N2O4/c1-3-7-15(8-9-17)14(18)11(2)12-5-4-6-13(10-12)16(19)20/h4-6,10-11,17H,3,7-9H2,1-2H3. The number of rotatable bonds is 7. The first-order valence-electron chi connectivity index (χ1n) is 6.65. The number of benzene rings is 1. The van der Waals surface area contributed by atoms with Gasteiger partial charge in [-0.25, -0.2) is 0 Å². The molecule has 1 atom stereocenters. The highest BCUT2D eigenvalue weighted by Crippen LogP contribution is 2.22. The molecule has 0 aliphatic carbocycles. The normalized spacial score (nSPS) is 11.9. The first kappa shape index (κ1) is 16.1. The fourth-order valence-corrected chi connectivity index (χ4v) is 2.05. The summed E-state index contributed by atoms with van der Waals surface area (Å²) in [7, 11) is 0. The fraction of sp³-hybridized carbons (Fsp3) is 0.500. The molecule has 0 heterocycles. The summed E-state index contributed by atoms with van der Waals surface area (Å²) in [6, 6.07) is 6.11. The van der Waals surface area contributed by atoms with E-state index in [-0.39, 0.29) is 24.7 Å². The van der Waals surface area contributed by atoms with Gasteiger partial charge in [-0.05, 0) is 18.9 Å². The quantitative estimate of drug-likeness (QED) is 0.611. The Morgan fingerprint density at radius 3 is 2.70 bits per heavy atom. The van der Waals surface area contributed by atoms with E-state index in [9.17, 15) is 14.9 Å². The van der Waals surface area contributed by atoms with Gasteiger partial charge in [0.2, 0.25) is 5.91 Å². The third kappa shape index (κ3) is 4.03. The Balaban J connectivity index is 2.91.